The highest BCUT2D eigenvalue weighted by atomic mass is 32.2. The van der Waals surface area contributed by atoms with Gasteiger partial charge in [0.1, 0.15) is 0 Å². The zero-order valence-electron chi connectivity index (χ0n) is 7.32. The van der Waals surface area contributed by atoms with Gasteiger partial charge in [0.25, 0.3) is 0 Å². The predicted molar refractivity (Wildman–Crippen MR) is 47.4 cm³/mol. The van der Waals surface area contributed by atoms with E-state index in [4.69, 9.17) is 4.89 Å². The second-order valence-corrected chi connectivity index (χ2v) is 4.83. The lowest BCUT2D eigenvalue weighted by atomic mass is 9.88. The topological polar surface area (TPSA) is 35.0 Å². The standard InChI is InChI=1S/C9H12O3S/c10-12-11-4-8-6-1-2-7(3-6)9(8)5-13-12/h7,9H,1-5H2. The van der Waals surface area contributed by atoms with E-state index in [1.807, 2.05) is 0 Å². The van der Waals surface area contributed by atoms with E-state index in [-0.39, 0.29) is 0 Å². The fourth-order valence-corrected chi connectivity index (χ4v) is 3.63. The van der Waals surface area contributed by atoms with Crippen LogP contribution in [0.4, 0.5) is 0 Å². The van der Waals surface area contributed by atoms with E-state index >= 15 is 0 Å². The molecule has 13 heavy (non-hydrogen) atoms. The van der Waals surface area contributed by atoms with Crippen molar-refractivity contribution in [1.82, 2.24) is 0 Å². The number of rotatable bonds is 0. The van der Waals surface area contributed by atoms with E-state index in [1.54, 1.807) is 5.57 Å². The van der Waals surface area contributed by atoms with Gasteiger partial charge in [-0.05, 0) is 30.8 Å². The van der Waals surface area contributed by atoms with Crippen LogP contribution in [0, 0.1) is 11.8 Å². The average Bonchev–Trinajstić information content (AvgIpc) is 2.66. The molecule has 1 saturated carbocycles. The van der Waals surface area contributed by atoms with Crippen molar-refractivity contribution in [3.05, 3.63) is 11.1 Å². The molecule has 0 aromatic carbocycles. The van der Waals surface area contributed by atoms with E-state index in [1.165, 1.54) is 41.0 Å². The van der Waals surface area contributed by atoms with Gasteiger partial charge in [-0.2, -0.15) is 4.11 Å². The third-order valence-corrected chi connectivity index (χ3v) is 4.23. The summed E-state index contributed by atoms with van der Waals surface area (Å²) in [5.41, 5.74) is 3.00. The van der Waals surface area contributed by atoms with Crippen molar-refractivity contribution in [2.75, 3.05) is 12.4 Å². The Morgan fingerprint density at radius 1 is 1.54 bits per heavy atom. The molecule has 0 aromatic rings. The lowest BCUT2D eigenvalue weighted by Gasteiger charge is -2.18. The van der Waals surface area contributed by atoms with Crippen LogP contribution in [-0.2, 0) is 9.00 Å². The summed E-state index contributed by atoms with van der Waals surface area (Å²) >= 11 is 1.19. The van der Waals surface area contributed by atoms with Gasteiger partial charge in [0.15, 0.2) is 6.61 Å². The van der Waals surface area contributed by atoms with Gasteiger partial charge < -0.3 is 5.26 Å². The van der Waals surface area contributed by atoms with Gasteiger partial charge in [-0.3, -0.25) is 0 Å². The summed E-state index contributed by atoms with van der Waals surface area (Å²) < 4.78 is 1.43. The summed E-state index contributed by atoms with van der Waals surface area (Å²) in [7, 11) is 0. The molecule has 0 amide bonds. The van der Waals surface area contributed by atoms with Gasteiger partial charge in [0.05, 0.1) is 5.75 Å². The van der Waals surface area contributed by atoms with Crippen LogP contribution in [0.25, 0.3) is 0 Å². The lowest BCUT2D eigenvalue weighted by molar-refractivity contribution is -0.840. The molecule has 3 nitrogen and oxygen atoms in total. The van der Waals surface area contributed by atoms with Crippen molar-refractivity contribution >= 4 is 12.0 Å². The van der Waals surface area contributed by atoms with Crippen LogP contribution < -0.4 is 5.26 Å². The molecule has 2 fully saturated rings. The van der Waals surface area contributed by atoms with E-state index in [9.17, 15) is 5.26 Å². The molecule has 3 rings (SSSR count). The molecule has 72 valence electrons. The van der Waals surface area contributed by atoms with Gasteiger partial charge >= 0.3 is 0 Å². The fraction of sp³-hybridized carbons (Fsp3) is 0.778. The molecule has 3 aliphatic rings. The molecule has 0 aromatic heterocycles. The monoisotopic (exact) mass is 200 g/mol. The maximum atomic E-state index is 10.9. The smallest absolute Gasteiger partial charge is 0.239 e. The van der Waals surface area contributed by atoms with E-state index < -0.39 is 0 Å². The first-order valence-corrected chi connectivity index (χ1v) is 5.65. The van der Waals surface area contributed by atoms with Crippen molar-refractivity contribution in [2.45, 2.75) is 19.3 Å². The molecule has 2 atom stereocenters. The van der Waals surface area contributed by atoms with Crippen molar-refractivity contribution in [3.63, 3.8) is 0 Å². The van der Waals surface area contributed by atoms with Crippen molar-refractivity contribution in [2.24, 2.45) is 11.8 Å². The van der Waals surface area contributed by atoms with Gasteiger partial charge in [-0.25, -0.2) is 0 Å². The minimum atomic E-state index is 0.512. The van der Waals surface area contributed by atoms with Crippen LogP contribution >= 0.6 is 12.0 Å². The average molecular weight is 200 g/mol. The van der Waals surface area contributed by atoms with E-state index in [2.05, 4.69) is 0 Å². The second-order valence-electron chi connectivity index (χ2n) is 3.99. The van der Waals surface area contributed by atoms with Crippen LogP contribution in [0.5, 0.6) is 0 Å². The van der Waals surface area contributed by atoms with Gasteiger partial charge in [-0.1, -0.05) is 10.5 Å². The molecule has 1 aliphatic heterocycles. The van der Waals surface area contributed by atoms with Crippen molar-refractivity contribution < 1.29 is 14.3 Å². The summed E-state index contributed by atoms with van der Waals surface area (Å²) in [6.45, 7) is 0.512. The maximum absolute atomic E-state index is 10.9. The summed E-state index contributed by atoms with van der Waals surface area (Å²) in [5.74, 6) is 2.32. The molecule has 2 unspecified atom stereocenters. The number of fused-ring (bicyclic) bond motifs is 4. The van der Waals surface area contributed by atoms with Gasteiger partial charge in [0, 0.05) is 5.92 Å². The molecule has 0 N–H and O–H groups in total. The second kappa shape index (κ2) is 2.98. The summed E-state index contributed by atoms with van der Waals surface area (Å²) in [6.07, 6.45) is 3.84. The Labute approximate surface area is 81.5 Å². The number of allylic oxidation sites excluding steroid dienone is 1. The zero-order chi connectivity index (χ0) is 8.84. The van der Waals surface area contributed by atoms with E-state index in [0.717, 1.165) is 11.7 Å². The van der Waals surface area contributed by atoms with Crippen LogP contribution in [0.1, 0.15) is 19.3 Å². The number of hydrogen-bond donors (Lipinski definition) is 0. The summed E-state index contributed by atoms with van der Waals surface area (Å²) in [4.78, 5) is 4.97. The predicted octanol–water partition coefficient (Wildman–Crippen LogP) is 1.13. The maximum Gasteiger partial charge on any atom is 0.239 e. The summed E-state index contributed by atoms with van der Waals surface area (Å²) in [5, 5.41) is 10.9. The van der Waals surface area contributed by atoms with Gasteiger partial charge in [-0.15, -0.1) is 0 Å². The molecule has 2 aliphatic carbocycles. The third kappa shape index (κ3) is 1.24. The molecule has 1 heterocycles. The first-order chi connectivity index (χ1) is 6.34. The SMILES string of the molecule is [O-][O+]1OCC2=C3CCC(C3)C2CS1. The first-order valence-electron chi connectivity index (χ1n) is 4.73. The van der Waals surface area contributed by atoms with Crippen LogP contribution in [-0.4, -0.2) is 12.4 Å². The Balaban J connectivity index is 1.88. The minimum absolute atomic E-state index is 0.512. The largest absolute Gasteiger partial charge is 0.469 e. The Kier molecular flexibility index (Phi) is 1.90. The Morgan fingerprint density at radius 2 is 2.46 bits per heavy atom. The molecule has 0 spiro atoms. The summed E-state index contributed by atoms with van der Waals surface area (Å²) in [6, 6.07) is 0. The van der Waals surface area contributed by atoms with Crippen molar-refractivity contribution in [3.8, 4) is 0 Å². The first kappa shape index (κ1) is 8.29. The highest BCUT2D eigenvalue weighted by Crippen LogP contribution is 2.50. The number of hydrogen-bond acceptors (Lipinski definition) is 3. The van der Waals surface area contributed by atoms with Gasteiger partial charge in [0.2, 0.25) is 12.0 Å². The molecular weight excluding hydrogens is 188 g/mol. The molecule has 4 heteroatoms. The normalized spacial score (nSPS) is 39.5. The zero-order valence-corrected chi connectivity index (χ0v) is 8.14. The molecule has 1 saturated heterocycles. The highest BCUT2D eigenvalue weighted by Gasteiger charge is 2.42. The molecule has 2 bridgehead atoms. The van der Waals surface area contributed by atoms with Crippen LogP contribution in [0.15, 0.2) is 11.1 Å². The third-order valence-electron chi connectivity index (χ3n) is 3.45. The van der Waals surface area contributed by atoms with E-state index in [0.29, 0.717) is 12.5 Å². The molecule has 0 radical (unpaired) electrons. The Bertz CT molecular complexity index is 264. The van der Waals surface area contributed by atoms with Crippen LogP contribution in [0.3, 0.4) is 0 Å². The quantitative estimate of drug-likeness (QED) is 0.254. The molecular formula is C9H12O3S. The Morgan fingerprint density at radius 3 is 3.38 bits per heavy atom. The van der Waals surface area contributed by atoms with Crippen LogP contribution in [0.2, 0.25) is 0 Å². The van der Waals surface area contributed by atoms with Crippen molar-refractivity contribution in [1.29, 1.82) is 0 Å². The minimum Gasteiger partial charge on any atom is -0.469 e. The Hall–Kier alpha value is -0.0300. The highest BCUT2D eigenvalue weighted by molar-refractivity contribution is 7.94. The lowest BCUT2D eigenvalue weighted by Crippen LogP contribution is -2.19. The fourth-order valence-electron chi connectivity index (χ4n) is 2.78.